The zero-order chi connectivity index (χ0) is 15.5. The molecule has 22 heavy (non-hydrogen) atoms. The van der Waals surface area contributed by atoms with Crippen molar-refractivity contribution in [3.05, 3.63) is 41.0 Å². The van der Waals surface area contributed by atoms with Gasteiger partial charge >= 0.3 is 0 Å². The van der Waals surface area contributed by atoms with Gasteiger partial charge in [-0.05, 0) is 67.7 Å². The Balaban J connectivity index is 1.74. The Morgan fingerprint density at radius 1 is 1.23 bits per heavy atom. The molecule has 3 aliphatic carbocycles. The van der Waals surface area contributed by atoms with Gasteiger partial charge in [0.25, 0.3) is 0 Å². The molecule has 2 nitrogen and oxygen atoms in total. The molecule has 0 aliphatic heterocycles. The first-order chi connectivity index (χ1) is 10.5. The van der Waals surface area contributed by atoms with Crippen LogP contribution in [0.2, 0.25) is 0 Å². The number of ether oxygens (including phenoxy) is 1. The molecule has 116 valence electrons. The van der Waals surface area contributed by atoms with Gasteiger partial charge in [0.05, 0.1) is 7.11 Å². The molecular weight excluding hydrogens is 272 g/mol. The minimum Gasteiger partial charge on any atom is -0.497 e. The number of carbonyl (C=O) groups excluding carboxylic acids is 1. The summed E-state index contributed by atoms with van der Waals surface area (Å²) in [6.45, 7) is 4.25. The highest BCUT2D eigenvalue weighted by Crippen LogP contribution is 2.58. The molecule has 0 bridgehead atoms. The van der Waals surface area contributed by atoms with Crippen LogP contribution in [0.3, 0.4) is 0 Å². The first-order valence-corrected chi connectivity index (χ1v) is 8.48. The van der Waals surface area contributed by atoms with E-state index in [4.69, 9.17) is 4.74 Å². The maximum Gasteiger partial charge on any atom is 0.149 e. The molecule has 1 saturated carbocycles. The average Bonchev–Trinajstić information content (AvgIpc) is 2.77. The normalized spacial score (nSPS) is 36.2. The summed E-state index contributed by atoms with van der Waals surface area (Å²) in [4.78, 5) is 12.6. The molecule has 0 amide bonds. The summed E-state index contributed by atoms with van der Waals surface area (Å²) < 4.78 is 5.37. The minimum atomic E-state index is -0.176. The number of fused-ring (bicyclic) bond motifs is 5. The zero-order valence-electron chi connectivity index (χ0n) is 13.7. The van der Waals surface area contributed by atoms with E-state index in [0.717, 1.165) is 25.0 Å². The highest BCUT2D eigenvalue weighted by atomic mass is 16.5. The summed E-state index contributed by atoms with van der Waals surface area (Å²) in [5.41, 5.74) is 4.21. The van der Waals surface area contributed by atoms with Gasteiger partial charge in [0.1, 0.15) is 11.5 Å². The second-order valence-corrected chi connectivity index (χ2v) is 7.46. The second kappa shape index (κ2) is 4.71. The second-order valence-electron chi connectivity index (χ2n) is 7.46. The first kappa shape index (κ1) is 14.0. The van der Waals surface area contributed by atoms with Crippen LogP contribution in [0.1, 0.15) is 50.2 Å². The van der Waals surface area contributed by atoms with Gasteiger partial charge in [-0.3, -0.25) is 4.79 Å². The molecule has 0 heterocycles. The first-order valence-electron chi connectivity index (χ1n) is 8.48. The lowest BCUT2D eigenvalue weighted by molar-refractivity contribution is -0.128. The number of methoxy groups -OCH3 is 1. The third kappa shape index (κ3) is 1.76. The van der Waals surface area contributed by atoms with Crippen LogP contribution in [-0.4, -0.2) is 12.9 Å². The molecule has 0 spiro atoms. The highest BCUT2D eigenvalue weighted by molar-refractivity contribution is 5.94. The Hall–Kier alpha value is -1.57. The molecular formula is C20H24O2. The van der Waals surface area contributed by atoms with Crippen molar-refractivity contribution in [1.82, 2.24) is 0 Å². The number of allylic oxidation sites excluding steroid dienone is 2. The predicted octanol–water partition coefficient (Wildman–Crippen LogP) is 4.29. The van der Waals surface area contributed by atoms with Crippen LogP contribution in [-0.2, 0) is 11.2 Å². The van der Waals surface area contributed by atoms with Crippen LogP contribution >= 0.6 is 0 Å². The van der Waals surface area contributed by atoms with Gasteiger partial charge in [0.2, 0.25) is 0 Å². The van der Waals surface area contributed by atoms with E-state index in [9.17, 15) is 4.79 Å². The van der Waals surface area contributed by atoms with Gasteiger partial charge in [-0.1, -0.05) is 24.6 Å². The smallest absolute Gasteiger partial charge is 0.149 e. The van der Waals surface area contributed by atoms with E-state index < -0.39 is 0 Å². The maximum absolute atomic E-state index is 12.6. The topological polar surface area (TPSA) is 26.3 Å². The summed E-state index contributed by atoms with van der Waals surface area (Å²) in [7, 11) is 1.73. The van der Waals surface area contributed by atoms with Crippen molar-refractivity contribution in [2.24, 2.45) is 17.3 Å². The van der Waals surface area contributed by atoms with E-state index in [-0.39, 0.29) is 11.3 Å². The van der Waals surface area contributed by atoms with Crippen molar-refractivity contribution in [2.75, 3.05) is 7.11 Å². The number of Topliss-reactive ketones (excluding diaryl/α,β-unsaturated/α-hetero) is 1. The molecule has 0 N–H and O–H groups in total. The Morgan fingerprint density at radius 3 is 2.82 bits per heavy atom. The average molecular weight is 296 g/mol. The van der Waals surface area contributed by atoms with Gasteiger partial charge < -0.3 is 4.74 Å². The van der Waals surface area contributed by atoms with Crippen LogP contribution in [0.4, 0.5) is 0 Å². The fourth-order valence-corrected chi connectivity index (χ4v) is 5.16. The Bertz CT molecular complexity index is 672. The largest absolute Gasteiger partial charge is 0.497 e. The summed E-state index contributed by atoms with van der Waals surface area (Å²) in [5, 5.41) is 0. The van der Waals surface area contributed by atoms with E-state index in [0.29, 0.717) is 17.6 Å². The van der Waals surface area contributed by atoms with Crippen LogP contribution in [0.5, 0.6) is 5.75 Å². The summed E-state index contributed by atoms with van der Waals surface area (Å²) >= 11 is 0. The van der Waals surface area contributed by atoms with Gasteiger partial charge in [-0.2, -0.15) is 0 Å². The molecule has 0 unspecified atom stereocenters. The monoisotopic (exact) mass is 296 g/mol. The fourth-order valence-electron chi connectivity index (χ4n) is 5.16. The molecule has 2 heteroatoms. The Kier molecular flexibility index (Phi) is 3.01. The Morgan fingerprint density at radius 2 is 2.05 bits per heavy atom. The van der Waals surface area contributed by atoms with Crippen LogP contribution < -0.4 is 4.74 Å². The number of hydrogen-bond donors (Lipinski definition) is 0. The van der Waals surface area contributed by atoms with Gasteiger partial charge in [0.15, 0.2) is 0 Å². The quantitative estimate of drug-likeness (QED) is 0.723. The minimum absolute atomic E-state index is 0.107. The predicted molar refractivity (Wildman–Crippen MR) is 87.1 cm³/mol. The summed E-state index contributed by atoms with van der Waals surface area (Å²) in [6, 6.07) is 6.55. The van der Waals surface area contributed by atoms with E-state index in [1.165, 1.54) is 23.1 Å². The molecule has 1 fully saturated rings. The molecule has 4 rings (SSSR count). The van der Waals surface area contributed by atoms with E-state index in [1.54, 1.807) is 7.11 Å². The van der Waals surface area contributed by atoms with Gasteiger partial charge in [-0.15, -0.1) is 0 Å². The standard InChI is InChI=1S/C20H24O2/c1-12-10-18-17-6-4-13-11-14(22-3)5-7-15(13)16(17)8-9-20(18,2)19(12)21/h5,7,10-12,16-17H,4,6,8-9H2,1-3H3/t12-,16-,17-,20+/m1/s1. The third-order valence-corrected chi connectivity index (χ3v) is 6.34. The zero-order valence-corrected chi connectivity index (χ0v) is 13.7. The lowest BCUT2D eigenvalue weighted by Crippen LogP contribution is -2.38. The molecule has 1 aromatic rings. The third-order valence-electron chi connectivity index (χ3n) is 6.34. The van der Waals surface area contributed by atoms with Crippen molar-refractivity contribution in [2.45, 2.75) is 45.4 Å². The number of carbonyl (C=O) groups is 1. The molecule has 0 saturated heterocycles. The number of rotatable bonds is 1. The van der Waals surface area contributed by atoms with Crippen LogP contribution in [0.15, 0.2) is 29.8 Å². The lowest BCUT2D eigenvalue weighted by Gasteiger charge is -2.45. The molecule has 0 aromatic heterocycles. The van der Waals surface area contributed by atoms with Crippen molar-refractivity contribution in [3.63, 3.8) is 0 Å². The molecule has 0 radical (unpaired) electrons. The Labute approximate surface area is 132 Å². The lowest BCUT2D eigenvalue weighted by atomic mass is 9.58. The fraction of sp³-hybridized carbons (Fsp3) is 0.550. The van der Waals surface area contributed by atoms with Crippen LogP contribution in [0, 0.1) is 17.3 Å². The van der Waals surface area contributed by atoms with E-state index in [1.807, 2.05) is 0 Å². The molecule has 3 aliphatic rings. The van der Waals surface area contributed by atoms with E-state index >= 15 is 0 Å². The van der Waals surface area contributed by atoms with Crippen molar-refractivity contribution >= 4 is 5.78 Å². The molecule has 4 atom stereocenters. The van der Waals surface area contributed by atoms with Crippen molar-refractivity contribution < 1.29 is 9.53 Å². The SMILES string of the molecule is COc1ccc2c(c1)CC[C@H]1C3=C[C@@H](C)C(=O)[C@@]3(C)CC[C@H]21. The maximum atomic E-state index is 12.6. The highest BCUT2D eigenvalue weighted by Gasteiger charge is 2.52. The molecule has 1 aromatic carbocycles. The van der Waals surface area contributed by atoms with Crippen molar-refractivity contribution in [3.8, 4) is 5.75 Å². The number of aryl methyl sites for hydroxylation is 1. The number of hydrogen-bond acceptors (Lipinski definition) is 2. The van der Waals surface area contributed by atoms with Gasteiger partial charge in [-0.25, -0.2) is 0 Å². The van der Waals surface area contributed by atoms with Crippen molar-refractivity contribution in [1.29, 1.82) is 0 Å². The summed E-state index contributed by atoms with van der Waals surface area (Å²) in [5.74, 6) is 2.67. The number of benzene rings is 1. The summed E-state index contributed by atoms with van der Waals surface area (Å²) in [6.07, 6.45) is 6.70. The van der Waals surface area contributed by atoms with Crippen LogP contribution in [0.25, 0.3) is 0 Å². The van der Waals surface area contributed by atoms with E-state index in [2.05, 4.69) is 38.1 Å². The number of ketones is 1. The van der Waals surface area contributed by atoms with Gasteiger partial charge in [0, 0.05) is 11.3 Å².